The van der Waals surface area contributed by atoms with Gasteiger partial charge in [0.2, 0.25) is 0 Å². The van der Waals surface area contributed by atoms with E-state index < -0.39 is 17.7 Å². The van der Waals surface area contributed by atoms with Crippen molar-refractivity contribution in [1.82, 2.24) is 0 Å². The summed E-state index contributed by atoms with van der Waals surface area (Å²) < 4.78 is 6.77. The van der Waals surface area contributed by atoms with Crippen LogP contribution in [0.4, 0.5) is 5.69 Å². The Hall–Kier alpha value is -4.16. The minimum absolute atomic E-state index is 0.0573. The van der Waals surface area contributed by atoms with Crippen LogP contribution in [0.15, 0.2) is 107 Å². The number of benzene rings is 4. The lowest BCUT2D eigenvalue weighted by molar-refractivity contribution is -0.132. The van der Waals surface area contributed by atoms with Crippen LogP contribution in [-0.4, -0.2) is 16.8 Å². The van der Waals surface area contributed by atoms with Gasteiger partial charge in [-0.05, 0) is 73.5 Å². The van der Waals surface area contributed by atoms with Gasteiger partial charge in [-0.2, -0.15) is 0 Å². The van der Waals surface area contributed by atoms with E-state index in [4.69, 9.17) is 4.74 Å². The molecule has 4 aromatic carbocycles. The van der Waals surface area contributed by atoms with E-state index in [1.807, 2.05) is 74.5 Å². The number of carbonyl (C=O) groups is 2. The molecule has 1 N–H and O–H groups in total. The maximum absolute atomic E-state index is 13.4. The number of anilines is 1. The Balaban J connectivity index is 1.60. The van der Waals surface area contributed by atoms with Crippen molar-refractivity contribution in [1.29, 1.82) is 0 Å². The molecule has 5 nitrogen and oxygen atoms in total. The summed E-state index contributed by atoms with van der Waals surface area (Å²) in [7, 11) is 0. The van der Waals surface area contributed by atoms with E-state index in [1.54, 1.807) is 36.4 Å². The average Bonchev–Trinajstić information content (AvgIpc) is 3.16. The van der Waals surface area contributed by atoms with Crippen LogP contribution < -0.4 is 9.64 Å². The number of ether oxygens (including phenoxy) is 1. The topological polar surface area (TPSA) is 66.8 Å². The molecule has 0 aliphatic carbocycles. The Kier molecular flexibility index (Phi) is 6.68. The second kappa shape index (κ2) is 10.1. The fourth-order valence-corrected chi connectivity index (χ4v) is 4.75. The summed E-state index contributed by atoms with van der Waals surface area (Å²) in [6.07, 6.45) is 0. The molecule has 0 aromatic heterocycles. The number of para-hydroxylation sites is 1. The predicted molar refractivity (Wildman–Crippen MR) is 148 cm³/mol. The molecular weight excluding hydrogens is 530 g/mol. The number of ketones is 1. The summed E-state index contributed by atoms with van der Waals surface area (Å²) in [6, 6.07) is 28.6. The highest BCUT2D eigenvalue weighted by Crippen LogP contribution is 2.43. The van der Waals surface area contributed by atoms with Crippen LogP contribution in [0.1, 0.15) is 28.3 Å². The summed E-state index contributed by atoms with van der Waals surface area (Å²) in [4.78, 5) is 28.2. The molecular formula is C31H24BrNO4. The van der Waals surface area contributed by atoms with E-state index in [2.05, 4.69) is 15.9 Å². The molecule has 1 aliphatic heterocycles. The lowest BCUT2D eigenvalue weighted by Crippen LogP contribution is -2.29. The molecule has 1 atom stereocenters. The van der Waals surface area contributed by atoms with Crippen LogP contribution in [-0.2, 0) is 9.59 Å². The summed E-state index contributed by atoms with van der Waals surface area (Å²) in [5, 5.41) is 11.3. The minimum Gasteiger partial charge on any atom is -0.507 e. The number of rotatable bonds is 5. The van der Waals surface area contributed by atoms with Gasteiger partial charge in [0, 0.05) is 15.7 Å². The third-order valence-corrected chi connectivity index (χ3v) is 7.22. The van der Waals surface area contributed by atoms with Crippen molar-refractivity contribution in [3.8, 4) is 11.5 Å². The molecule has 1 aliphatic rings. The lowest BCUT2D eigenvalue weighted by Gasteiger charge is -2.26. The second-order valence-corrected chi connectivity index (χ2v) is 9.81. The highest BCUT2D eigenvalue weighted by atomic mass is 79.9. The fourth-order valence-electron chi connectivity index (χ4n) is 4.50. The Morgan fingerprint density at radius 2 is 1.54 bits per heavy atom. The van der Waals surface area contributed by atoms with Gasteiger partial charge in [0.05, 0.1) is 11.6 Å². The van der Waals surface area contributed by atoms with Crippen molar-refractivity contribution in [2.75, 3.05) is 4.90 Å². The minimum atomic E-state index is -0.787. The zero-order chi connectivity index (χ0) is 26.1. The predicted octanol–water partition coefficient (Wildman–Crippen LogP) is 7.48. The number of nitrogens with zero attached hydrogens (tertiary/aromatic N) is 1. The molecule has 1 fully saturated rings. The summed E-state index contributed by atoms with van der Waals surface area (Å²) in [5.74, 6) is -0.330. The number of aliphatic hydroxyl groups excluding tert-OH is 1. The molecule has 0 bridgehead atoms. The zero-order valence-electron chi connectivity index (χ0n) is 20.3. The van der Waals surface area contributed by atoms with Gasteiger partial charge in [0.25, 0.3) is 11.7 Å². The number of aryl methyl sites for hydroxylation is 2. The largest absolute Gasteiger partial charge is 0.507 e. The highest BCUT2D eigenvalue weighted by Gasteiger charge is 2.47. The van der Waals surface area contributed by atoms with Crippen LogP contribution in [0.2, 0.25) is 0 Å². The fraction of sp³-hybridized carbons (Fsp3) is 0.0968. The molecule has 0 spiro atoms. The van der Waals surface area contributed by atoms with E-state index in [1.165, 1.54) is 4.90 Å². The number of carbonyl (C=O) groups excluding carboxylic acids is 2. The molecule has 0 saturated carbocycles. The monoisotopic (exact) mass is 553 g/mol. The third-order valence-electron chi connectivity index (χ3n) is 6.33. The standard InChI is InChI=1S/C31H24BrNO4/c1-19-7-6-8-21(17-19)28-27(29(34)22-11-16-26(32)20(2)18-22)30(35)31(36)33(28)23-12-14-25(15-13-23)37-24-9-4-3-5-10-24/h3-18,28,34H,1-2H3/b29-27-. The van der Waals surface area contributed by atoms with Gasteiger partial charge in [-0.3, -0.25) is 14.5 Å². The maximum atomic E-state index is 13.4. The van der Waals surface area contributed by atoms with Gasteiger partial charge in [0.15, 0.2) is 0 Å². The van der Waals surface area contributed by atoms with Gasteiger partial charge in [-0.1, -0.05) is 70.0 Å². The van der Waals surface area contributed by atoms with Crippen LogP contribution in [0.3, 0.4) is 0 Å². The summed E-state index contributed by atoms with van der Waals surface area (Å²) in [6.45, 7) is 3.85. The first-order chi connectivity index (χ1) is 17.8. The first-order valence-corrected chi connectivity index (χ1v) is 12.6. The average molecular weight is 554 g/mol. The zero-order valence-corrected chi connectivity index (χ0v) is 21.9. The smallest absolute Gasteiger partial charge is 0.300 e. The van der Waals surface area contributed by atoms with E-state index >= 15 is 0 Å². The third kappa shape index (κ3) is 4.80. The molecule has 1 saturated heterocycles. The number of halogens is 1. The van der Waals surface area contributed by atoms with Gasteiger partial charge in [0.1, 0.15) is 17.3 Å². The number of hydrogen-bond donors (Lipinski definition) is 1. The first kappa shape index (κ1) is 24.5. The number of amides is 1. The lowest BCUT2D eigenvalue weighted by atomic mass is 9.94. The molecule has 5 rings (SSSR count). The Morgan fingerprint density at radius 3 is 2.22 bits per heavy atom. The van der Waals surface area contributed by atoms with Gasteiger partial charge >= 0.3 is 0 Å². The molecule has 184 valence electrons. The van der Waals surface area contributed by atoms with Crippen LogP contribution in [0.25, 0.3) is 5.76 Å². The Labute approximate surface area is 223 Å². The van der Waals surface area contributed by atoms with Crippen molar-refractivity contribution >= 4 is 39.1 Å². The van der Waals surface area contributed by atoms with Crippen molar-refractivity contribution in [3.63, 3.8) is 0 Å². The van der Waals surface area contributed by atoms with E-state index in [0.29, 0.717) is 22.7 Å². The van der Waals surface area contributed by atoms with E-state index in [-0.39, 0.29) is 11.3 Å². The molecule has 1 amide bonds. The van der Waals surface area contributed by atoms with Gasteiger partial charge in [-0.15, -0.1) is 0 Å². The van der Waals surface area contributed by atoms with Crippen LogP contribution >= 0.6 is 15.9 Å². The van der Waals surface area contributed by atoms with Gasteiger partial charge < -0.3 is 9.84 Å². The summed E-state index contributed by atoms with van der Waals surface area (Å²) >= 11 is 3.47. The molecule has 6 heteroatoms. The number of hydrogen-bond acceptors (Lipinski definition) is 4. The van der Waals surface area contributed by atoms with Crippen molar-refractivity contribution in [2.24, 2.45) is 0 Å². The maximum Gasteiger partial charge on any atom is 0.300 e. The van der Waals surface area contributed by atoms with Crippen molar-refractivity contribution in [2.45, 2.75) is 19.9 Å². The highest BCUT2D eigenvalue weighted by molar-refractivity contribution is 9.10. The first-order valence-electron chi connectivity index (χ1n) is 11.8. The Morgan fingerprint density at radius 1 is 0.838 bits per heavy atom. The number of Topliss-reactive ketones (excluding diaryl/α,β-unsaturated/α-hetero) is 1. The number of aliphatic hydroxyl groups is 1. The van der Waals surface area contributed by atoms with E-state index in [9.17, 15) is 14.7 Å². The normalized spacial score (nSPS) is 16.7. The SMILES string of the molecule is Cc1cccc(C2/C(=C(/O)c3ccc(Br)c(C)c3)C(=O)C(=O)N2c2ccc(Oc3ccccc3)cc2)c1. The Bertz CT molecular complexity index is 1530. The van der Waals surface area contributed by atoms with Crippen molar-refractivity contribution in [3.05, 3.63) is 129 Å². The van der Waals surface area contributed by atoms with Gasteiger partial charge in [-0.25, -0.2) is 0 Å². The molecule has 0 radical (unpaired) electrons. The van der Waals surface area contributed by atoms with Crippen LogP contribution in [0, 0.1) is 13.8 Å². The molecule has 4 aromatic rings. The molecule has 1 unspecified atom stereocenters. The molecule has 37 heavy (non-hydrogen) atoms. The molecule has 1 heterocycles. The van der Waals surface area contributed by atoms with Crippen molar-refractivity contribution < 1.29 is 19.4 Å². The van der Waals surface area contributed by atoms with E-state index in [0.717, 1.165) is 21.2 Å². The second-order valence-electron chi connectivity index (χ2n) is 8.96. The van der Waals surface area contributed by atoms with Crippen LogP contribution in [0.5, 0.6) is 11.5 Å². The summed E-state index contributed by atoms with van der Waals surface area (Å²) in [5.41, 5.74) is 3.68. The quantitative estimate of drug-likeness (QED) is 0.158.